The van der Waals surface area contributed by atoms with E-state index < -0.39 is 0 Å². The summed E-state index contributed by atoms with van der Waals surface area (Å²) in [6.07, 6.45) is 10.3. The van der Waals surface area contributed by atoms with Gasteiger partial charge in [0.1, 0.15) is 6.33 Å². The predicted molar refractivity (Wildman–Crippen MR) is 107 cm³/mol. The molecule has 28 heavy (non-hydrogen) atoms. The zero-order valence-electron chi connectivity index (χ0n) is 16.3. The lowest BCUT2D eigenvalue weighted by molar-refractivity contribution is -0.129. The second-order valence-corrected chi connectivity index (χ2v) is 7.94. The molecule has 1 aromatic heterocycles. The molecule has 2 fully saturated rings. The normalized spacial score (nSPS) is 20.0. The van der Waals surface area contributed by atoms with Crippen LogP contribution in [0.25, 0.3) is 11.1 Å². The Kier molecular flexibility index (Phi) is 5.37. The van der Waals surface area contributed by atoms with Crippen LogP contribution in [0.3, 0.4) is 0 Å². The van der Waals surface area contributed by atoms with Crippen LogP contribution in [-0.2, 0) is 4.79 Å². The molecule has 146 valence electrons. The largest absolute Gasteiger partial charge is 0.341 e. The zero-order valence-corrected chi connectivity index (χ0v) is 16.3. The van der Waals surface area contributed by atoms with Gasteiger partial charge in [-0.15, -0.1) is 0 Å². The van der Waals surface area contributed by atoms with Gasteiger partial charge in [0.25, 0.3) is 5.91 Å². The van der Waals surface area contributed by atoms with Gasteiger partial charge in [0.15, 0.2) is 0 Å². The highest BCUT2D eigenvalue weighted by Crippen LogP contribution is 2.30. The molecule has 4 rings (SSSR count). The van der Waals surface area contributed by atoms with E-state index in [-0.39, 0.29) is 17.7 Å². The van der Waals surface area contributed by atoms with E-state index in [2.05, 4.69) is 14.9 Å². The summed E-state index contributed by atoms with van der Waals surface area (Å²) < 4.78 is 0. The first-order valence-corrected chi connectivity index (χ1v) is 10.0. The molecule has 6 nitrogen and oxygen atoms in total. The van der Waals surface area contributed by atoms with Crippen molar-refractivity contribution in [3.8, 4) is 11.1 Å². The first-order valence-electron chi connectivity index (χ1n) is 10.0. The van der Waals surface area contributed by atoms with Crippen molar-refractivity contribution in [2.75, 3.05) is 20.1 Å². The standard InChI is InChI=1S/C22H26N4O2/c1-25(13-16-10-21(27)26(14-16)20-4-2-3-5-20)22(28)18-8-6-17(7-9-18)19-11-23-15-24-12-19/h6-9,11-12,15-16,20H,2-5,10,13-14H2,1H3/t16-/m0/s1. The summed E-state index contributed by atoms with van der Waals surface area (Å²) in [5.74, 6) is 0.470. The third-order valence-corrected chi connectivity index (χ3v) is 5.91. The first kappa shape index (κ1) is 18.6. The van der Waals surface area contributed by atoms with Crippen LogP contribution in [0.2, 0.25) is 0 Å². The molecule has 2 aromatic rings. The number of benzene rings is 1. The summed E-state index contributed by atoms with van der Waals surface area (Å²) in [4.78, 5) is 37.0. The van der Waals surface area contributed by atoms with Gasteiger partial charge in [-0.1, -0.05) is 25.0 Å². The zero-order chi connectivity index (χ0) is 19.5. The lowest BCUT2D eigenvalue weighted by Gasteiger charge is -2.25. The van der Waals surface area contributed by atoms with Gasteiger partial charge in [0.2, 0.25) is 5.91 Å². The average Bonchev–Trinajstić information content (AvgIpc) is 3.38. The van der Waals surface area contributed by atoms with Gasteiger partial charge in [-0.05, 0) is 30.5 Å². The summed E-state index contributed by atoms with van der Waals surface area (Å²) in [5.41, 5.74) is 2.56. The Balaban J connectivity index is 1.36. The van der Waals surface area contributed by atoms with Crippen LogP contribution in [-0.4, -0.2) is 57.8 Å². The van der Waals surface area contributed by atoms with Crippen molar-refractivity contribution in [3.63, 3.8) is 0 Å². The van der Waals surface area contributed by atoms with Crippen LogP contribution in [0, 0.1) is 5.92 Å². The molecule has 1 saturated heterocycles. The fourth-order valence-electron chi connectivity index (χ4n) is 4.44. The smallest absolute Gasteiger partial charge is 0.253 e. The summed E-state index contributed by atoms with van der Waals surface area (Å²) in [6, 6.07) is 7.94. The number of nitrogens with zero attached hydrogens (tertiary/aromatic N) is 4. The minimum absolute atomic E-state index is 0.0115. The maximum atomic E-state index is 12.8. The molecule has 1 aliphatic heterocycles. The van der Waals surface area contributed by atoms with E-state index in [4.69, 9.17) is 0 Å². The van der Waals surface area contributed by atoms with Crippen LogP contribution >= 0.6 is 0 Å². The molecular weight excluding hydrogens is 352 g/mol. The number of amides is 2. The van der Waals surface area contributed by atoms with Gasteiger partial charge in [-0.2, -0.15) is 0 Å². The Morgan fingerprint density at radius 3 is 2.46 bits per heavy atom. The van der Waals surface area contributed by atoms with Gasteiger partial charge < -0.3 is 9.80 Å². The number of aromatic nitrogens is 2. The molecule has 1 aliphatic carbocycles. The molecule has 2 amide bonds. The summed E-state index contributed by atoms with van der Waals surface area (Å²) in [7, 11) is 1.82. The lowest BCUT2D eigenvalue weighted by atomic mass is 10.1. The van der Waals surface area contributed by atoms with Gasteiger partial charge in [-0.3, -0.25) is 9.59 Å². The fourth-order valence-corrected chi connectivity index (χ4v) is 4.44. The maximum Gasteiger partial charge on any atom is 0.253 e. The molecule has 6 heteroatoms. The highest BCUT2D eigenvalue weighted by Gasteiger charge is 2.36. The lowest BCUT2D eigenvalue weighted by Crippen LogP contribution is -2.36. The SMILES string of the molecule is CN(C[C@@H]1CC(=O)N(C2CCCC2)C1)C(=O)c1ccc(-c2cncnc2)cc1. The Morgan fingerprint density at radius 1 is 1.11 bits per heavy atom. The van der Waals surface area contributed by atoms with Gasteiger partial charge in [0, 0.05) is 62.0 Å². The molecule has 0 unspecified atom stereocenters. The Labute approximate surface area is 165 Å². The predicted octanol–water partition coefficient (Wildman–Crippen LogP) is 3.01. The van der Waals surface area contributed by atoms with Gasteiger partial charge in [0.05, 0.1) is 0 Å². The number of carbonyl (C=O) groups is 2. The fraction of sp³-hybridized carbons (Fsp3) is 0.455. The van der Waals surface area contributed by atoms with Crippen molar-refractivity contribution in [2.24, 2.45) is 5.92 Å². The molecule has 2 aliphatic rings. The molecule has 1 saturated carbocycles. The second kappa shape index (κ2) is 8.09. The van der Waals surface area contributed by atoms with E-state index in [1.54, 1.807) is 17.3 Å². The topological polar surface area (TPSA) is 66.4 Å². The molecule has 1 aromatic carbocycles. The molecule has 1 atom stereocenters. The molecule has 0 spiro atoms. The highest BCUT2D eigenvalue weighted by atomic mass is 16.2. The van der Waals surface area contributed by atoms with E-state index in [9.17, 15) is 9.59 Å². The maximum absolute atomic E-state index is 12.8. The van der Waals surface area contributed by atoms with Crippen molar-refractivity contribution < 1.29 is 9.59 Å². The van der Waals surface area contributed by atoms with E-state index in [1.165, 1.54) is 19.2 Å². The average molecular weight is 378 g/mol. The van der Waals surface area contributed by atoms with Crippen molar-refractivity contribution in [2.45, 2.75) is 38.1 Å². The van der Waals surface area contributed by atoms with Crippen LogP contribution < -0.4 is 0 Å². The summed E-state index contributed by atoms with van der Waals surface area (Å²) >= 11 is 0. The summed E-state index contributed by atoms with van der Waals surface area (Å²) in [5, 5.41) is 0. The van der Waals surface area contributed by atoms with E-state index in [0.717, 1.165) is 30.5 Å². The molecule has 0 radical (unpaired) electrons. The summed E-state index contributed by atoms with van der Waals surface area (Å²) in [6.45, 7) is 1.40. The highest BCUT2D eigenvalue weighted by molar-refractivity contribution is 5.94. The minimum atomic E-state index is -0.0115. The van der Waals surface area contributed by atoms with E-state index in [1.807, 2.05) is 31.3 Å². The third kappa shape index (κ3) is 3.91. The molecule has 2 heterocycles. The van der Waals surface area contributed by atoms with Gasteiger partial charge >= 0.3 is 0 Å². The molecule has 0 N–H and O–H groups in total. The quantitative estimate of drug-likeness (QED) is 0.802. The van der Waals surface area contributed by atoms with E-state index >= 15 is 0 Å². The Hall–Kier alpha value is -2.76. The number of rotatable bonds is 5. The molecule has 0 bridgehead atoms. The van der Waals surface area contributed by atoms with Crippen molar-refractivity contribution in [3.05, 3.63) is 48.5 Å². The first-order chi connectivity index (χ1) is 13.6. The van der Waals surface area contributed by atoms with Crippen LogP contribution in [0.5, 0.6) is 0 Å². The van der Waals surface area contributed by atoms with E-state index in [0.29, 0.717) is 24.6 Å². The number of hydrogen-bond acceptors (Lipinski definition) is 4. The van der Waals surface area contributed by atoms with Crippen LogP contribution in [0.4, 0.5) is 0 Å². The third-order valence-electron chi connectivity index (χ3n) is 5.91. The van der Waals surface area contributed by atoms with Crippen molar-refractivity contribution in [1.29, 1.82) is 0 Å². The van der Waals surface area contributed by atoms with Crippen LogP contribution in [0.15, 0.2) is 43.0 Å². The Bertz CT molecular complexity index is 831. The van der Waals surface area contributed by atoms with Crippen molar-refractivity contribution in [1.82, 2.24) is 19.8 Å². The number of carbonyl (C=O) groups excluding carboxylic acids is 2. The number of likely N-dealkylation sites (tertiary alicyclic amines) is 1. The monoisotopic (exact) mass is 378 g/mol. The second-order valence-electron chi connectivity index (χ2n) is 7.94. The number of hydrogen-bond donors (Lipinski definition) is 0. The Morgan fingerprint density at radius 2 is 1.79 bits per heavy atom. The minimum Gasteiger partial charge on any atom is -0.341 e. The molecular formula is C22H26N4O2. The van der Waals surface area contributed by atoms with Crippen LogP contribution in [0.1, 0.15) is 42.5 Å². The van der Waals surface area contributed by atoms with Crippen molar-refractivity contribution >= 4 is 11.8 Å². The van der Waals surface area contributed by atoms with Gasteiger partial charge in [-0.25, -0.2) is 9.97 Å².